The number of rotatable bonds is 2. The molecule has 132 valence electrons. The van der Waals surface area contributed by atoms with Crippen LogP contribution in [0.5, 0.6) is 0 Å². The number of alkyl halides is 3. The van der Waals surface area contributed by atoms with Crippen LogP contribution < -0.4 is 5.32 Å². The van der Waals surface area contributed by atoms with Gasteiger partial charge in [0.1, 0.15) is 4.88 Å². The molecular formula is C18H10F3NO3S. The molecule has 3 aromatic rings. The van der Waals surface area contributed by atoms with Gasteiger partial charge in [0.2, 0.25) is 0 Å². The van der Waals surface area contributed by atoms with Crippen LogP contribution in [0.3, 0.4) is 0 Å². The first-order valence-electron chi connectivity index (χ1n) is 7.52. The second-order valence-electron chi connectivity index (χ2n) is 5.71. The summed E-state index contributed by atoms with van der Waals surface area (Å²) in [6, 6.07) is 12.2. The molecule has 0 fully saturated rings. The van der Waals surface area contributed by atoms with Gasteiger partial charge in [-0.1, -0.05) is 42.5 Å². The summed E-state index contributed by atoms with van der Waals surface area (Å²) in [5.74, 6) is -2.63. The Morgan fingerprint density at radius 2 is 1.85 bits per heavy atom. The van der Waals surface area contributed by atoms with E-state index in [1.54, 1.807) is 24.3 Å². The number of thiophene rings is 1. The topological polar surface area (TPSA) is 55.4 Å². The molecule has 8 heteroatoms. The molecule has 4 rings (SSSR count). The van der Waals surface area contributed by atoms with Gasteiger partial charge in [-0.05, 0) is 16.8 Å². The standard InChI is InChI=1S/C18H10F3NO3S/c19-18(20,21)17(25-15(23)13-6-3-9-26-13)12-8-7-10-4-1-2-5-11(10)14(12)22-16(17)24/h1-9H,(H,22,24)/t17-/m0/s1. The van der Waals surface area contributed by atoms with Crippen LogP contribution in [0.15, 0.2) is 53.9 Å². The Labute approximate surface area is 149 Å². The van der Waals surface area contributed by atoms with Gasteiger partial charge in [-0.2, -0.15) is 13.2 Å². The summed E-state index contributed by atoms with van der Waals surface area (Å²) in [4.78, 5) is 24.7. The van der Waals surface area contributed by atoms with Crippen LogP contribution in [0.1, 0.15) is 15.2 Å². The number of amides is 1. The fourth-order valence-corrected chi connectivity index (χ4v) is 3.65. The molecule has 2 aromatic carbocycles. The van der Waals surface area contributed by atoms with Gasteiger partial charge in [0.25, 0.3) is 5.91 Å². The molecule has 0 bridgehead atoms. The van der Waals surface area contributed by atoms with Gasteiger partial charge in [0.05, 0.1) is 5.69 Å². The van der Waals surface area contributed by atoms with Crippen molar-refractivity contribution in [3.05, 3.63) is 64.4 Å². The number of ether oxygens (including phenoxy) is 1. The third-order valence-electron chi connectivity index (χ3n) is 4.23. The number of benzene rings is 2. The molecular weight excluding hydrogens is 367 g/mol. The van der Waals surface area contributed by atoms with Crippen LogP contribution in [-0.2, 0) is 15.1 Å². The second-order valence-corrected chi connectivity index (χ2v) is 6.66. The van der Waals surface area contributed by atoms with E-state index in [0.717, 1.165) is 11.3 Å². The maximum Gasteiger partial charge on any atom is 0.442 e. The number of halogens is 3. The fourth-order valence-electron chi connectivity index (χ4n) is 3.05. The maximum absolute atomic E-state index is 14.0. The van der Waals surface area contributed by atoms with Gasteiger partial charge in [-0.25, -0.2) is 4.79 Å². The van der Waals surface area contributed by atoms with Gasteiger partial charge in [-0.15, -0.1) is 11.3 Å². The zero-order chi connectivity index (χ0) is 18.5. The van der Waals surface area contributed by atoms with Crippen molar-refractivity contribution in [3.8, 4) is 0 Å². The highest BCUT2D eigenvalue weighted by Gasteiger charge is 2.69. The summed E-state index contributed by atoms with van der Waals surface area (Å²) in [6.45, 7) is 0. The minimum atomic E-state index is -5.13. The van der Waals surface area contributed by atoms with E-state index in [0.29, 0.717) is 10.8 Å². The second kappa shape index (κ2) is 5.57. The van der Waals surface area contributed by atoms with Crippen molar-refractivity contribution in [3.63, 3.8) is 0 Å². The molecule has 1 aliphatic heterocycles. The van der Waals surface area contributed by atoms with E-state index in [-0.39, 0.29) is 10.6 Å². The molecule has 0 aliphatic carbocycles. The average molecular weight is 377 g/mol. The molecule has 0 unspecified atom stereocenters. The lowest BCUT2D eigenvalue weighted by Crippen LogP contribution is -2.51. The molecule has 4 nitrogen and oxygen atoms in total. The predicted octanol–water partition coefficient (Wildman–Crippen LogP) is 4.47. The normalized spacial score (nSPS) is 19.3. The quantitative estimate of drug-likeness (QED) is 0.671. The summed E-state index contributed by atoms with van der Waals surface area (Å²) >= 11 is 0.935. The molecule has 0 saturated heterocycles. The molecule has 0 spiro atoms. The number of hydrogen-bond acceptors (Lipinski definition) is 4. The first kappa shape index (κ1) is 16.6. The van der Waals surface area contributed by atoms with Crippen molar-refractivity contribution in [2.24, 2.45) is 0 Å². The largest absolute Gasteiger partial charge is 0.442 e. The van der Waals surface area contributed by atoms with E-state index >= 15 is 0 Å². The Hall–Kier alpha value is -2.87. The summed E-state index contributed by atoms with van der Waals surface area (Å²) < 4.78 is 46.9. The number of carbonyl (C=O) groups is 2. The Kier molecular flexibility index (Phi) is 3.55. The van der Waals surface area contributed by atoms with Crippen molar-refractivity contribution in [1.82, 2.24) is 0 Å². The van der Waals surface area contributed by atoms with E-state index in [9.17, 15) is 22.8 Å². The third-order valence-corrected chi connectivity index (χ3v) is 5.08. The predicted molar refractivity (Wildman–Crippen MR) is 90.0 cm³/mol. The van der Waals surface area contributed by atoms with E-state index in [2.05, 4.69) is 5.32 Å². The van der Waals surface area contributed by atoms with Gasteiger partial charge in [-0.3, -0.25) is 4.79 Å². The van der Waals surface area contributed by atoms with E-state index in [4.69, 9.17) is 4.74 Å². The van der Waals surface area contributed by atoms with E-state index < -0.39 is 29.2 Å². The Bertz CT molecular complexity index is 1030. The van der Waals surface area contributed by atoms with Crippen molar-refractivity contribution in [2.75, 3.05) is 5.32 Å². The van der Waals surface area contributed by atoms with Crippen molar-refractivity contribution in [2.45, 2.75) is 11.8 Å². The number of esters is 1. The molecule has 2 heterocycles. The zero-order valence-corrected chi connectivity index (χ0v) is 13.8. The Balaban J connectivity index is 1.92. The first-order chi connectivity index (χ1) is 12.3. The molecule has 0 radical (unpaired) electrons. The highest BCUT2D eigenvalue weighted by molar-refractivity contribution is 7.11. The number of nitrogens with one attached hydrogen (secondary N) is 1. The van der Waals surface area contributed by atoms with Crippen LogP contribution in [0, 0.1) is 0 Å². The van der Waals surface area contributed by atoms with Gasteiger partial charge in [0, 0.05) is 10.9 Å². The lowest BCUT2D eigenvalue weighted by atomic mass is 9.92. The van der Waals surface area contributed by atoms with Crippen LogP contribution in [0.4, 0.5) is 18.9 Å². The van der Waals surface area contributed by atoms with Crippen LogP contribution in [0.2, 0.25) is 0 Å². The number of hydrogen-bond donors (Lipinski definition) is 1. The smallest absolute Gasteiger partial charge is 0.430 e. The van der Waals surface area contributed by atoms with Gasteiger partial charge >= 0.3 is 17.7 Å². The highest BCUT2D eigenvalue weighted by atomic mass is 32.1. The number of fused-ring (bicyclic) bond motifs is 3. The van der Waals surface area contributed by atoms with Crippen LogP contribution in [-0.4, -0.2) is 18.1 Å². The van der Waals surface area contributed by atoms with Crippen LogP contribution >= 0.6 is 11.3 Å². The van der Waals surface area contributed by atoms with Crippen LogP contribution in [0.25, 0.3) is 10.8 Å². The zero-order valence-electron chi connectivity index (χ0n) is 13.0. The SMILES string of the molecule is O=C(O[C@]1(C(F)(F)F)C(=O)Nc2c1ccc1ccccc21)c1cccs1. The first-order valence-corrected chi connectivity index (χ1v) is 8.40. The minimum Gasteiger partial charge on any atom is -0.430 e. The third kappa shape index (κ3) is 2.22. The summed E-state index contributed by atoms with van der Waals surface area (Å²) in [7, 11) is 0. The maximum atomic E-state index is 14.0. The van der Waals surface area contributed by atoms with Crippen molar-refractivity contribution < 1.29 is 27.5 Å². The lowest BCUT2D eigenvalue weighted by Gasteiger charge is -2.29. The number of anilines is 1. The molecule has 1 aliphatic rings. The summed E-state index contributed by atoms with van der Waals surface area (Å²) in [5.41, 5.74) is -3.80. The fraction of sp³-hybridized carbons (Fsp3) is 0.111. The Morgan fingerprint density at radius 1 is 1.08 bits per heavy atom. The highest BCUT2D eigenvalue weighted by Crippen LogP contribution is 2.51. The van der Waals surface area contributed by atoms with Gasteiger partial charge < -0.3 is 10.1 Å². The van der Waals surface area contributed by atoms with Gasteiger partial charge in [0.15, 0.2) is 0 Å². The lowest BCUT2D eigenvalue weighted by molar-refractivity contribution is -0.251. The molecule has 1 N–H and O–H groups in total. The number of carbonyl (C=O) groups excluding carboxylic acids is 2. The van der Waals surface area contributed by atoms with Crippen molar-refractivity contribution in [1.29, 1.82) is 0 Å². The monoisotopic (exact) mass is 377 g/mol. The summed E-state index contributed by atoms with van der Waals surface area (Å²) in [5, 5.41) is 4.89. The van der Waals surface area contributed by atoms with E-state index in [1.165, 1.54) is 29.6 Å². The molecule has 1 aromatic heterocycles. The Morgan fingerprint density at radius 3 is 2.54 bits per heavy atom. The minimum absolute atomic E-state index is 0.00408. The molecule has 0 saturated carbocycles. The van der Waals surface area contributed by atoms with E-state index in [1.807, 2.05) is 0 Å². The molecule has 1 atom stereocenters. The summed E-state index contributed by atoms with van der Waals surface area (Å²) in [6.07, 6.45) is -5.13. The average Bonchev–Trinajstić information content (AvgIpc) is 3.22. The molecule has 26 heavy (non-hydrogen) atoms. The van der Waals surface area contributed by atoms with Crippen molar-refractivity contribution >= 4 is 39.7 Å². The molecule has 1 amide bonds.